The van der Waals surface area contributed by atoms with Gasteiger partial charge in [0.1, 0.15) is 0 Å². The van der Waals surface area contributed by atoms with Crippen molar-refractivity contribution in [2.24, 2.45) is 0 Å². The van der Waals surface area contributed by atoms with Crippen molar-refractivity contribution in [1.29, 1.82) is 0 Å². The number of nitrogens with zero attached hydrogens (tertiary/aromatic N) is 2. The Labute approximate surface area is 106 Å². The van der Waals surface area contributed by atoms with Crippen molar-refractivity contribution in [1.82, 2.24) is 9.55 Å². The highest BCUT2D eigenvalue weighted by Gasteiger charge is 2.05. The molecule has 0 aliphatic rings. The molecule has 0 amide bonds. The van der Waals surface area contributed by atoms with Crippen molar-refractivity contribution >= 4 is 0 Å². The van der Waals surface area contributed by atoms with Crippen LogP contribution in [0.25, 0.3) is 17.0 Å². The molecular formula is C15H14N2O. The molecule has 3 rings (SSSR count). The minimum Gasteiger partial charge on any atom is -0.444 e. The molecule has 3 aromatic rings. The lowest BCUT2D eigenvalue weighted by molar-refractivity contribution is 0.572. The second-order valence-corrected chi connectivity index (χ2v) is 4.36. The molecule has 0 aliphatic carbocycles. The van der Waals surface area contributed by atoms with Crippen molar-refractivity contribution in [3.63, 3.8) is 0 Å². The molecule has 0 aliphatic heterocycles. The zero-order valence-corrected chi connectivity index (χ0v) is 10.4. The number of benzene rings is 1. The molecule has 1 aromatic carbocycles. The van der Waals surface area contributed by atoms with Crippen LogP contribution >= 0.6 is 0 Å². The number of hydrogen-bond acceptors (Lipinski definition) is 2. The molecule has 0 bridgehead atoms. The summed E-state index contributed by atoms with van der Waals surface area (Å²) in [5.41, 5.74) is 4.68. The summed E-state index contributed by atoms with van der Waals surface area (Å²) in [5.74, 6) is 0.794. The van der Waals surface area contributed by atoms with E-state index in [0.717, 1.165) is 11.3 Å². The van der Waals surface area contributed by atoms with E-state index in [0.29, 0.717) is 0 Å². The Bertz CT molecular complexity index is 629. The third-order valence-electron chi connectivity index (χ3n) is 3.11. The second-order valence-electron chi connectivity index (χ2n) is 4.36. The normalized spacial score (nSPS) is 10.8. The Kier molecular flexibility index (Phi) is 2.52. The van der Waals surface area contributed by atoms with Gasteiger partial charge in [-0.3, -0.25) is 0 Å². The number of oxazole rings is 1. The zero-order valence-electron chi connectivity index (χ0n) is 10.4. The molecule has 0 spiro atoms. The molecule has 0 saturated carbocycles. The maximum Gasteiger partial charge on any atom is 0.181 e. The van der Waals surface area contributed by atoms with Gasteiger partial charge < -0.3 is 8.98 Å². The van der Waals surface area contributed by atoms with Crippen molar-refractivity contribution in [3.8, 4) is 17.0 Å². The second kappa shape index (κ2) is 4.18. The molecular weight excluding hydrogens is 224 g/mol. The molecule has 0 unspecified atom stereocenters. The molecule has 0 N–H and O–H groups in total. The average Bonchev–Trinajstić information content (AvgIpc) is 3.01. The molecule has 3 heteroatoms. The number of aromatic nitrogens is 2. The van der Waals surface area contributed by atoms with Crippen LogP contribution in [-0.4, -0.2) is 9.55 Å². The summed E-state index contributed by atoms with van der Waals surface area (Å²) in [6.07, 6.45) is 3.17. The highest BCUT2D eigenvalue weighted by molar-refractivity contribution is 5.58. The third kappa shape index (κ3) is 1.74. The first-order valence-corrected chi connectivity index (χ1v) is 5.90. The molecule has 2 heterocycles. The predicted molar refractivity (Wildman–Crippen MR) is 70.7 cm³/mol. The van der Waals surface area contributed by atoms with Gasteiger partial charge >= 0.3 is 0 Å². The SMILES string of the molecule is Cc1ccc(C)n1-c1ccc(-c2cnco2)cc1. The van der Waals surface area contributed by atoms with Crippen LogP contribution in [0.3, 0.4) is 0 Å². The Morgan fingerprint density at radius 3 is 2.17 bits per heavy atom. The fourth-order valence-corrected chi connectivity index (χ4v) is 2.21. The summed E-state index contributed by atoms with van der Waals surface area (Å²) >= 11 is 0. The Hall–Kier alpha value is -2.29. The van der Waals surface area contributed by atoms with E-state index < -0.39 is 0 Å². The van der Waals surface area contributed by atoms with Gasteiger partial charge in [0.05, 0.1) is 6.20 Å². The molecule has 0 saturated heterocycles. The van der Waals surface area contributed by atoms with Crippen LogP contribution in [0, 0.1) is 13.8 Å². The van der Waals surface area contributed by atoms with Crippen molar-refractivity contribution in [2.45, 2.75) is 13.8 Å². The van der Waals surface area contributed by atoms with Gasteiger partial charge in [-0.2, -0.15) is 0 Å². The van der Waals surface area contributed by atoms with Crippen LogP contribution in [0.2, 0.25) is 0 Å². The largest absolute Gasteiger partial charge is 0.444 e. The topological polar surface area (TPSA) is 31.0 Å². The van der Waals surface area contributed by atoms with Gasteiger partial charge in [-0.05, 0) is 50.2 Å². The quantitative estimate of drug-likeness (QED) is 0.680. The standard InChI is InChI=1S/C15H14N2O/c1-11-3-4-12(2)17(11)14-7-5-13(6-8-14)15-9-16-10-18-15/h3-10H,1-2H3. The lowest BCUT2D eigenvalue weighted by Gasteiger charge is -2.09. The molecule has 0 atom stereocenters. The Balaban J connectivity index is 2.02. The minimum absolute atomic E-state index is 0.794. The monoisotopic (exact) mass is 238 g/mol. The molecule has 3 nitrogen and oxygen atoms in total. The van der Waals surface area contributed by atoms with Gasteiger partial charge in [-0.15, -0.1) is 0 Å². The molecule has 2 aromatic heterocycles. The van der Waals surface area contributed by atoms with Crippen molar-refractivity contribution in [2.75, 3.05) is 0 Å². The van der Waals surface area contributed by atoms with Crippen LogP contribution in [0.1, 0.15) is 11.4 Å². The van der Waals surface area contributed by atoms with Gasteiger partial charge in [0, 0.05) is 22.6 Å². The highest BCUT2D eigenvalue weighted by atomic mass is 16.3. The molecule has 0 radical (unpaired) electrons. The first kappa shape index (κ1) is 10.8. The highest BCUT2D eigenvalue weighted by Crippen LogP contribution is 2.22. The van der Waals surface area contributed by atoms with Gasteiger partial charge in [0.25, 0.3) is 0 Å². The summed E-state index contributed by atoms with van der Waals surface area (Å²) < 4.78 is 7.51. The average molecular weight is 238 g/mol. The van der Waals surface area contributed by atoms with E-state index in [1.54, 1.807) is 6.20 Å². The number of hydrogen-bond donors (Lipinski definition) is 0. The Morgan fingerprint density at radius 1 is 0.944 bits per heavy atom. The van der Waals surface area contributed by atoms with Gasteiger partial charge in [-0.25, -0.2) is 4.98 Å². The number of rotatable bonds is 2. The van der Waals surface area contributed by atoms with E-state index in [-0.39, 0.29) is 0 Å². The van der Waals surface area contributed by atoms with E-state index in [9.17, 15) is 0 Å². The zero-order chi connectivity index (χ0) is 12.5. The van der Waals surface area contributed by atoms with Gasteiger partial charge in [-0.1, -0.05) is 0 Å². The summed E-state index contributed by atoms with van der Waals surface area (Å²) in [4.78, 5) is 3.93. The van der Waals surface area contributed by atoms with Crippen LogP contribution in [0.15, 0.2) is 53.4 Å². The maximum atomic E-state index is 5.28. The van der Waals surface area contributed by atoms with Gasteiger partial charge in [0.2, 0.25) is 0 Å². The van der Waals surface area contributed by atoms with Crippen LogP contribution < -0.4 is 0 Å². The molecule has 90 valence electrons. The van der Waals surface area contributed by atoms with Crippen LogP contribution in [0.5, 0.6) is 0 Å². The minimum atomic E-state index is 0.794. The molecule has 18 heavy (non-hydrogen) atoms. The van der Waals surface area contributed by atoms with Crippen molar-refractivity contribution < 1.29 is 4.42 Å². The van der Waals surface area contributed by atoms with E-state index in [1.807, 2.05) is 0 Å². The van der Waals surface area contributed by atoms with Crippen molar-refractivity contribution in [3.05, 3.63) is 60.4 Å². The fraction of sp³-hybridized carbons (Fsp3) is 0.133. The van der Waals surface area contributed by atoms with E-state index in [1.165, 1.54) is 23.5 Å². The van der Waals surface area contributed by atoms with E-state index in [4.69, 9.17) is 4.42 Å². The van der Waals surface area contributed by atoms with E-state index >= 15 is 0 Å². The summed E-state index contributed by atoms with van der Waals surface area (Å²) in [6.45, 7) is 4.22. The summed E-state index contributed by atoms with van der Waals surface area (Å²) in [7, 11) is 0. The summed E-state index contributed by atoms with van der Waals surface area (Å²) in [6, 6.07) is 12.5. The van der Waals surface area contributed by atoms with Crippen LogP contribution in [0.4, 0.5) is 0 Å². The maximum absolute atomic E-state index is 5.28. The van der Waals surface area contributed by atoms with Gasteiger partial charge in [0.15, 0.2) is 12.2 Å². The summed E-state index contributed by atoms with van der Waals surface area (Å²) in [5, 5.41) is 0. The van der Waals surface area contributed by atoms with Crippen LogP contribution in [-0.2, 0) is 0 Å². The fourth-order valence-electron chi connectivity index (χ4n) is 2.21. The lowest BCUT2D eigenvalue weighted by atomic mass is 10.1. The lowest BCUT2D eigenvalue weighted by Crippen LogP contribution is -1.98. The number of aryl methyl sites for hydroxylation is 2. The predicted octanol–water partition coefficient (Wildman–Crippen LogP) is 3.75. The first-order valence-electron chi connectivity index (χ1n) is 5.90. The third-order valence-corrected chi connectivity index (χ3v) is 3.11. The Morgan fingerprint density at radius 2 is 1.61 bits per heavy atom. The van der Waals surface area contributed by atoms with E-state index in [2.05, 4.69) is 59.8 Å². The first-order chi connectivity index (χ1) is 8.75. The molecule has 0 fully saturated rings. The smallest absolute Gasteiger partial charge is 0.181 e.